The summed E-state index contributed by atoms with van der Waals surface area (Å²) in [6.45, 7) is 5.86. The van der Waals surface area contributed by atoms with E-state index in [0.29, 0.717) is 30.2 Å². The predicted octanol–water partition coefficient (Wildman–Crippen LogP) is 4.40. The van der Waals surface area contributed by atoms with Crippen molar-refractivity contribution in [2.75, 3.05) is 26.3 Å². The van der Waals surface area contributed by atoms with Gasteiger partial charge in [0, 0.05) is 30.0 Å². The number of fused-ring (bicyclic) bond motifs is 3. The van der Waals surface area contributed by atoms with Gasteiger partial charge in [-0.1, -0.05) is 6.92 Å². The molecular formula is C23H25N3O3S. The van der Waals surface area contributed by atoms with Gasteiger partial charge in [0.25, 0.3) is 0 Å². The average molecular weight is 424 g/mol. The number of ether oxygens (including phenoxy) is 2. The SMILES string of the molecule is CCC(=O)c1ccc(Oc2nc(CN3CCOCC3)nc3sc4c(c23)CCC4)cc1. The van der Waals surface area contributed by atoms with Gasteiger partial charge in [0.15, 0.2) is 5.78 Å². The molecule has 5 rings (SSSR count). The molecule has 1 saturated heterocycles. The Hall–Kier alpha value is -2.35. The summed E-state index contributed by atoms with van der Waals surface area (Å²) in [6, 6.07) is 7.36. The maximum absolute atomic E-state index is 11.9. The molecule has 0 spiro atoms. The molecule has 0 amide bonds. The number of morpholine rings is 1. The maximum atomic E-state index is 11.9. The first-order valence-corrected chi connectivity index (χ1v) is 11.5. The second kappa shape index (κ2) is 8.41. The number of benzene rings is 1. The monoisotopic (exact) mass is 423 g/mol. The lowest BCUT2D eigenvalue weighted by Crippen LogP contribution is -2.36. The Kier molecular flexibility index (Phi) is 5.50. The zero-order chi connectivity index (χ0) is 20.5. The van der Waals surface area contributed by atoms with E-state index < -0.39 is 0 Å². The maximum Gasteiger partial charge on any atom is 0.231 e. The van der Waals surface area contributed by atoms with E-state index in [0.717, 1.165) is 55.2 Å². The van der Waals surface area contributed by atoms with E-state index >= 15 is 0 Å². The largest absolute Gasteiger partial charge is 0.438 e. The quantitative estimate of drug-likeness (QED) is 0.548. The van der Waals surface area contributed by atoms with E-state index in [1.807, 2.05) is 31.2 Å². The highest BCUT2D eigenvalue weighted by molar-refractivity contribution is 7.19. The van der Waals surface area contributed by atoms with Gasteiger partial charge in [0.1, 0.15) is 16.4 Å². The Balaban J connectivity index is 1.49. The predicted molar refractivity (Wildman–Crippen MR) is 117 cm³/mol. The van der Waals surface area contributed by atoms with Gasteiger partial charge in [-0.2, -0.15) is 4.98 Å². The van der Waals surface area contributed by atoms with Gasteiger partial charge < -0.3 is 9.47 Å². The molecule has 1 aromatic carbocycles. The third-order valence-electron chi connectivity index (χ3n) is 5.76. The van der Waals surface area contributed by atoms with Gasteiger partial charge in [-0.05, 0) is 49.1 Å². The zero-order valence-corrected chi connectivity index (χ0v) is 18.0. The van der Waals surface area contributed by atoms with Gasteiger partial charge in [-0.3, -0.25) is 9.69 Å². The molecule has 1 aliphatic heterocycles. The summed E-state index contributed by atoms with van der Waals surface area (Å²) in [7, 11) is 0. The normalized spacial score (nSPS) is 16.7. The first-order chi connectivity index (χ1) is 14.7. The van der Waals surface area contributed by atoms with Crippen LogP contribution in [0.15, 0.2) is 24.3 Å². The van der Waals surface area contributed by atoms with Crippen LogP contribution in [-0.4, -0.2) is 47.0 Å². The molecule has 156 valence electrons. The Morgan fingerprint density at radius 1 is 1.17 bits per heavy atom. The van der Waals surface area contributed by atoms with Crippen LogP contribution in [0.4, 0.5) is 0 Å². The summed E-state index contributed by atoms with van der Waals surface area (Å²) in [4.78, 5) is 26.4. The number of aromatic nitrogens is 2. The molecule has 7 heteroatoms. The van der Waals surface area contributed by atoms with Crippen molar-refractivity contribution in [1.29, 1.82) is 0 Å². The summed E-state index contributed by atoms with van der Waals surface area (Å²) >= 11 is 1.78. The Labute approximate surface area is 179 Å². The molecule has 0 unspecified atom stereocenters. The fourth-order valence-electron chi connectivity index (χ4n) is 4.13. The first-order valence-electron chi connectivity index (χ1n) is 10.6. The highest BCUT2D eigenvalue weighted by Gasteiger charge is 2.24. The van der Waals surface area contributed by atoms with E-state index in [2.05, 4.69) is 4.90 Å². The van der Waals surface area contributed by atoms with Crippen molar-refractivity contribution in [2.45, 2.75) is 39.2 Å². The third kappa shape index (κ3) is 3.85. The molecule has 3 aromatic rings. The van der Waals surface area contributed by atoms with Crippen LogP contribution in [0.3, 0.4) is 0 Å². The molecule has 0 radical (unpaired) electrons. The van der Waals surface area contributed by atoms with Gasteiger partial charge >= 0.3 is 0 Å². The topological polar surface area (TPSA) is 64.5 Å². The number of nitrogens with zero attached hydrogens (tertiary/aromatic N) is 3. The second-order valence-corrected chi connectivity index (χ2v) is 8.86. The van der Waals surface area contributed by atoms with Gasteiger partial charge in [0.2, 0.25) is 5.88 Å². The minimum absolute atomic E-state index is 0.134. The Morgan fingerprint density at radius 2 is 1.97 bits per heavy atom. The molecular weight excluding hydrogens is 398 g/mol. The number of Topliss-reactive ketones (excluding diaryl/α,β-unsaturated/α-hetero) is 1. The number of carbonyl (C=O) groups excluding carboxylic acids is 1. The lowest BCUT2D eigenvalue weighted by Gasteiger charge is -2.25. The molecule has 1 fully saturated rings. The highest BCUT2D eigenvalue weighted by atomic mass is 32.1. The van der Waals surface area contributed by atoms with Crippen molar-refractivity contribution in [3.05, 3.63) is 46.1 Å². The van der Waals surface area contributed by atoms with Crippen LogP contribution >= 0.6 is 11.3 Å². The lowest BCUT2D eigenvalue weighted by molar-refractivity contribution is 0.0330. The van der Waals surface area contributed by atoms with Gasteiger partial charge in [0.05, 0.1) is 25.1 Å². The van der Waals surface area contributed by atoms with Gasteiger partial charge in [-0.15, -0.1) is 11.3 Å². The smallest absolute Gasteiger partial charge is 0.231 e. The second-order valence-electron chi connectivity index (χ2n) is 7.77. The molecule has 2 aromatic heterocycles. The first kappa shape index (κ1) is 19.6. The van der Waals surface area contributed by atoms with Crippen molar-refractivity contribution < 1.29 is 14.3 Å². The van der Waals surface area contributed by atoms with E-state index in [4.69, 9.17) is 19.4 Å². The number of rotatable bonds is 6. The van der Waals surface area contributed by atoms with E-state index in [-0.39, 0.29) is 5.78 Å². The van der Waals surface area contributed by atoms with Gasteiger partial charge in [-0.25, -0.2) is 4.98 Å². The summed E-state index contributed by atoms with van der Waals surface area (Å²) < 4.78 is 11.7. The van der Waals surface area contributed by atoms with Crippen molar-refractivity contribution >= 4 is 27.3 Å². The lowest BCUT2D eigenvalue weighted by atomic mass is 10.1. The van der Waals surface area contributed by atoms with Crippen LogP contribution in [0.25, 0.3) is 10.2 Å². The summed E-state index contributed by atoms with van der Waals surface area (Å²) in [6.07, 6.45) is 3.85. The van der Waals surface area contributed by atoms with Crippen molar-refractivity contribution in [1.82, 2.24) is 14.9 Å². The van der Waals surface area contributed by atoms with Crippen LogP contribution < -0.4 is 4.74 Å². The van der Waals surface area contributed by atoms with Crippen LogP contribution in [0.1, 0.15) is 46.4 Å². The number of thiophene rings is 1. The molecule has 0 saturated carbocycles. The van der Waals surface area contributed by atoms with Crippen LogP contribution in [-0.2, 0) is 24.1 Å². The van der Waals surface area contributed by atoms with Crippen LogP contribution in [0.5, 0.6) is 11.6 Å². The minimum Gasteiger partial charge on any atom is -0.438 e. The molecule has 0 atom stereocenters. The molecule has 2 aliphatic rings. The summed E-state index contributed by atoms with van der Waals surface area (Å²) in [5.41, 5.74) is 2.06. The summed E-state index contributed by atoms with van der Waals surface area (Å²) in [5.74, 6) is 2.25. The van der Waals surface area contributed by atoms with Crippen molar-refractivity contribution in [2.24, 2.45) is 0 Å². The molecule has 3 heterocycles. The molecule has 0 N–H and O–H groups in total. The standard InChI is InChI=1S/C23H25N3O3S/c1-2-18(27)15-6-8-16(9-7-15)29-22-21-17-4-3-5-19(17)30-23(21)25-20(24-22)14-26-10-12-28-13-11-26/h6-9H,2-5,10-14H2,1H3. The molecule has 1 aliphatic carbocycles. The average Bonchev–Trinajstić information content (AvgIpc) is 3.35. The van der Waals surface area contributed by atoms with E-state index in [9.17, 15) is 4.79 Å². The van der Waals surface area contributed by atoms with E-state index in [1.165, 1.54) is 16.9 Å². The Morgan fingerprint density at radius 3 is 2.73 bits per heavy atom. The molecule has 0 bridgehead atoms. The van der Waals surface area contributed by atoms with Crippen molar-refractivity contribution in [3.63, 3.8) is 0 Å². The fourth-order valence-corrected chi connectivity index (χ4v) is 5.40. The Bertz CT molecular complexity index is 1070. The number of carbonyl (C=O) groups is 1. The fraction of sp³-hybridized carbons (Fsp3) is 0.435. The zero-order valence-electron chi connectivity index (χ0n) is 17.1. The van der Waals surface area contributed by atoms with E-state index in [1.54, 1.807) is 11.3 Å². The highest BCUT2D eigenvalue weighted by Crippen LogP contribution is 2.41. The molecule has 30 heavy (non-hydrogen) atoms. The van der Waals surface area contributed by atoms with Crippen LogP contribution in [0, 0.1) is 0 Å². The number of hydrogen-bond acceptors (Lipinski definition) is 7. The minimum atomic E-state index is 0.134. The summed E-state index contributed by atoms with van der Waals surface area (Å²) in [5, 5.41) is 1.06. The van der Waals surface area contributed by atoms with Crippen molar-refractivity contribution in [3.8, 4) is 11.6 Å². The number of hydrogen-bond donors (Lipinski definition) is 0. The number of ketones is 1. The number of aryl methyl sites for hydroxylation is 2. The third-order valence-corrected chi connectivity index (χ3v) is 6.94. The van der Waals surface area contributed by atoms with Crippen LogP contribution in [0.2, 0.25) is 0 Å². The molecule has 6 nitrogen and oxygen atoms in total.